The molecule has 82 valence electrons. The standard InChI is InChI=1S/C10H13ClN2OS/c1-6-12-8(11)7(5-14)9(13-6)15-10(2,3)4/h5H,1-4H3. The van der Waals surface area contributed by atoms with Crippen LogP contribution in [0.5, 0.6) is 0 Å². The topological polar surface area (TPSA) is 42.9 Å². The van der Waals surface area contributed by atoms with Crippen molar-refractivity contribution in [2.75, 3.05) is 0 Å². The molecule has 0 fully saturated rings. The molecule has 0 saturated carbocycles. The van der Waals surface area contributed by atoms with E-state index in [1.165, 1.54) is 11.8 Å². The highest BCUT2D eigenvalue weighted by molar-refractivity contribution is 8.00. The van der Waals surface area contributed by atoms with Crippen LogP contribution >= 0.6 is 23.4 Å². The molecule has 3 nitrogen and oxygen atoms in total. The number of hydrogen-bond acceptors (Lipinski definition) is 4. The number of aromatic nitrogens is 2. The van der Waals surface area contributed by atoms with Crippen molar-refractivity contribution < 1.29 is 4.79 Å². The fraction of sp³-hybridized carbons (Fsp3) is 0.500. The predicted octanol–water partition coefficient (Wildman–Crippen LogP) is 3.14. The molecule has 1 aromatic rings. The second-order valence-electron chi connectivity index (χ2n) is 4.11. The predicted molar refractivity (Wildman–Crippen MR) is 62.8 cm³/mol. The van der Waals surface area contributed by atoms with Gasteiger partial charge < -0.3 is 0 Å². The third kappa shape index (κ3) is 3.47. The normalized spacial score (nSPS) is 11.5. The molecule has 0 aliphatic heterocycles. The number of carbonyl (C=O) groups excluding carboxylic acids is 1. The van der Waals surface area contributed by atoms with E-state index >= 15 is 0 Å². The summed E-state index contributed by atoms with van der Waals surface area (Å²) in [4.78, 5) is 19.0. The second-order valence-corrected chi connectivity index (χ2v) is 6.29. The largest absolute Gasteiger partial charge is 0.298 e. The van der Waals surface area contributed by atoms with Crippen LogP contribution in [0, 0.1) is 6.92 Å². The minimum atomic E-state index is -0.0120. The maximum Gasteiger partial charge on any atom is 0.155 e. The summed E-state index contributed by atoms with van der Waals surface area (Å²) in [6.45, 7) is 7.92. The van der Waals surface area contributed by atoms with Crippen LogP contribution < -0.4 is 0 Å². The first-order valence-electron chi connectivity index (χ1n) is 4.52. The molecule has 0 aromatic carbocycles. The van der Waals surface area contributed by atoms with Crippen molar-refractivity contribution in [1.29, 1.82) is 0 Å². The number of aryl methyl sites for hydroxylation is 1. The molecule has 0 bridgehead atoms. The van der Waals surface area contributed by atoms with Crippen LogP contribution in [0.25, 0.3) is 0 Å². The van der Waals surface area contributed by atoms with Gasteiger partial charge in [0.2, 0.25) is 0 Å². The molecule has 0 radical (unpaired) electrons. The lowest BCUT2D eigenvalue weighted by Crippen LogP contribution is -2.10. The van der Waals surface area contributed by atoms with Crippen LogP contribution in [0.15, 0.2) is 5.03 Å². The molecule has 15 heavy (non-hydrogen) atoms. The van der Waals surface area contributed by atoms with Gasteiger partial charge in [0, 0.05) is 4.75 Å². The molecule has 1 rings (SSSR count). The summed E-state index contributed by atoms with van der Waals surface area (Å²) < 4.78 is -0.0120. The number of rotatable bonds is 2. The third-order valence-electron chi connectivity index (χ3n) is 1.50. The Kier molecular flexibility index (Phi) is 3.73. The molecule has 0 spiro atoms. The zero-order valence-corrected chi connectivity index (χ0v) is 10.7. The van der Waals surface area contributed by atoms with Gasteiger partial charge in [-0.2, -0.15) is 0 Å². The number of carbonyl (C=O) groups is 1. The van der Waals surface area contributed by atoms with Gasteiger partial charge in [-0.1, -0.05) is 44.1 Å². The number of hydrogen-bond donors (Lipinski definition) is 0. The Balaban J connectivity index is 3.21. The summed E-state index contributed by atoms with van der Waals surface area (Å²) in [6.07, 6.45) is 0.704. The van der Waals surface area contributed by atoms with Crippen molar-refractivity contribution in [3.63, 3.8) is 0 Å². The van der Waals surface area contributed by atoms with E-state index in [1.807, 2.05) is 0 Å². The van der Waals surface area contributed by atoms with Gasteiger partial charge in [0.1, 0.15) is 16.0 Å². The Labute approximate surface area is 98.6 Å². The van der Waals surface area contributed by atoms with Gasteiger partial charge in [-0.15, -0.1) is 0 Å². The molecule has 0 aliphatic carbocycles. The summed E-state index contributed by atoms with van der Waals surface area (Å²) in [5.74, 6) is 0.581. The lowest BCUT2D eigenvalue weighted by molar-refractivity contribution is 0.112. The third-order valence-corrected chi connectivity index (χ3v) is 2.90. The zero-order chi connectivity index (χ0) is 11.6. The van der Waals surface area contributed by atoms with E-state index in [4.69, 9.17) is 11.6 Å². The first kappa shape index (κ1) is 12.5. The maximum absolute atomic E-state index is 10.9. The first-order valence-corrected chi connectivity index (χ1v) is 5.71. The Bertz CT molecular complexity index is 388. The highest BCUT2D eigenvalue weighted by Gasteiger charge is 2.18. The van der Waals surface area contributed by atoms with E-state index in [2.05, 4.69) is 30.7 Å². The Morgan fingerprint density at radius 3 is 2.40 bits per heavy atom. The smallest absolute Gasteiger partial charge is 0.155 e. The van der Waals surface area contributed by atoms with Gasteiger partial charge in [0.25, 0.3) is 0 Å². The highest BCUT2D eigenvalue weighted by Crippen LogP contribution is 2.33. The quantitative estimate of drug-likeness (QED) is 0.455. The van der Waals surface area contributed by atoms with Gasteiger partial charge in [-0.3, -0.25) is 4.79 Å². The van der Waals surface area contributed by atoms with Crippen LogP contribution in [0.3, 0.4) is 0 Å². The summed E-state index contributed by atoms with van der Waals surface area (Å²) in [5, 5.41) is 0.874. The SMILES string of the molecule is Cc1nc(Cl)c(C=O)c(SC(C)(C)C)n1. The van der Waals surface area contributed by atoms with Gasteiger partial charge in [-0.25, -0.2) is 9.97 Å². The van der Waals surface area contributed by atoms with Gasteiger partial charge >= 0.3 is 0 Å². The molecular weight excluding hydrogens is 232 g/mol. The molecular formula is C10H13ClN2OS. The van der Waals surface area contributed by atoms with Gasteiger partial charge in [-0.05, 0) is 6.92 Å². The van der Waals surface area contributed by atoms with E-state index in [0.29, 0.717) is 22.7 Å². The highest BCUT2D eigenvalue weighted by atomic mass is 35.5. The Hall–Kier alpha value is -0.610. The first-order chi connectivity index (χ1) is 6.83. The number of halogens is 1. The van der Waals surface area contributed by atoms with Crippen molar-refractivity contribution in [3.05, 3.63) is 16.5 Å². The number of nitrogens with zero attached hydrogens (tertiary/aromatic N) is 2. The molecule has 0 aliphatic rings. The minimum Gasteiger partial charge on any atom is -0.298 e. The molecule has 5 heteroatoms. The summed E-state index contributed by atoms with van der Waals surface area (Å²) in [5.41, 5.74) is 0.377. The van der Waals surface area contributed by atoms with Crippen LogP contribution in [-0.4, -0.2) is 21.0 Å². The minimum absolute atomic E-state index is 0.0120. The molecule has 0 unspecified atom stereocenters. The average molecular weight is 245 g/mol. The van der Waals surface area contributed by atoms with Crippen molar-refractivity contribution in [2.24, 2.45) is 0 Å². The Morgan fingerprint density at radius 1 is 1.33 bits per heavy atom. The van der Waals surface area contributed by atoms with Crippen LogP contribution in [0.1, 0.15) is 37.0 Å². The van der Waals surface area contributed by atoms with Crippen LogP contribution in [-0.2, 0) is 0 Å². The van der Waals surface area contributed by atoms with E-state index in [1.54, 1.807) is 6.92 Å². The summed E-state index contributed by atoms with van der Waals surface area (Å²) in [7, 11) is 0. The zero-order valence-electron chi connectivity index (χ0n) is 9.17. The number of aldehydes is 1. The van der Waals surface area contributed by atoms with Gasteiger partial charge in [0.05, 0.1) is 5.56 Å². The Morgan fingerprint density at radius 2 is 1.93 bits per heavy atom. The molecule has 1 aromatic heterocycles. The van der Waals surface area contributed by atoms with Crippen molar-refractivity contribution in [1.82, 2.24) is 9.97 Å². The van der Waals surface area contributed by atoms with Crippen LogP contribution in [0.2, 0.25) is 5.15 Å². The molecule has 0 N–H and O–H groups in total. The second kappa shape index (κ2) is 4.49. The summed E-state index contributed by atoms with van der Waals surface area (Å²) in [6, 6.07) is 0. The molecule has 0 saturated heterocycles. The monoisotopic (exact) mass is 244 g/mol. The van der Waals surface area contributed by atoms with Crippen LogP contribution in [0.4, 0.5) is 0 Å². The van der Waals surface area contributed by atoms with E-state index in [9.17, 15) is 4.79 Å². The molecule has 0 atom stereocenters. The van der Waals surface area contributed by atoms with E-state index in [0.717, 1.165) is 0 Å². The fourth-order valence-electron chi connectivity index (χ4n) is 0.990. The molecule has 0 amide bonds. The lowest BCUT2D eigenvalue weighted by Gasteiger charge is -2.18. The van der Waals surface area contributed by atoms with Crippen molar-refractivity contribution in [2.45, 2.75) is 37.5 Å². The van der Waals surface area contributed by atoms with E-state index < -0.39 is 0 Å². The van der Waals surface area contributed by atoms with Gasteiger partial charge in [0.15, 0.2) is 6.29 Å². The molecule has 1 heterocycles. The lowest BCUT2D eigenvalue weighted by atomic mass is 10.3. The maximum atomic E-state index is 10.9. The number of thioether (sulfide) groups is 1. The summed E-state index contributed by atoms with van der Waals surface area (Å²) >= 11 is 7.38. The van der Waals surface area contributed by atoms with Crippen molar-refractivity contribution in [3.8, 4) is 0 Å². The van der Waals surface area contributed by atoms with E-state index in [-0.39, 0.29) is 9.90 Å². The van der Waals surface area contributed by atoms with Crippen molar-refractivity contribution >= 4 is 29.6 Å². The fourth-order valence-corrected chi connectivity index (χ4v) is 2.31. The average Bonchev–Trinajstić information content (AvgIpc) is 1.99.